The first-order valence-corrected chi connectivity index (χ1v) is 14.4. The molecule has 2 saturated heterocycles. The standard InChI is InChI=1S/C30H34F3N7O2/c31-30(32,33)12-8-25(41)38-16-9-21(10-17-38)24-3-1-15-40-26(24)36-28(37-40)35-23-6-4-22(5-7-23)27(42)39-18-13-29(20-39)11-2-14-34-19-29/h1,3-7,9,15,34H,2,8,10-14,16-20H2,(H,35,37). The summed E-state index contributed by atoms with van der Waals surface area (Å²) < 4.78 is 39.2. The number of carbonyl (C=O) groups is 2. The van der Waals surface area contributed by atoms with Gasteiger partial charge in [0.1, 0.15) is 0 Å². The summed E-state index contributed by atoms with van der Waals surface area (Å²) in [6.07, 6.45) is 1.56. The minimum absolute atomic E-state index is 0.0564. The Labute approximate surface area is 241 Å². The van der Waals surface area contributed by atoms with Crippen LogP contribution in [0.15, 0.2) is 48.7 Å². The van der Waals surface area contributed by atoms with Crippen LogP contribution in [0.5, 0.6) is 0 Å². The Morgan fingerprint density at radius 2 is 1.90 bits per heavy atom. The number of aromatic nitrogens is 3. The van der Waals surface area contributed by atoms with Crippen molar-refractivity contribution < 1.29 is 22.8 Å². The van der Waals surface area contributed by atoms with Gasteiger partial charge in [-0.2, -0.15) is 18.2 Å². The number of nitrogens with zero attached hydrogens (tertiary/aromatic N) is 5. The Morgan fingerprint density at radius 3 is 2.62 bits per heavy atom. The van der Waals surface area contributed by atoms with Crippen molar-refractivity contribution >= 4 is 34.7 Å². The highest BCUT2D eigenvalue weighted by Crippen LogP contribution is 2.37. The van der Waals surface area contributed by atoms with Crippen molar-refractivity contribution in [3.05, 3.63) is 59.8 Å². The van der Waals surface area contributed by atoms with Gasteiger partial charge in [0.15, 0.2) is 5.65 Å². The lowest BCUT2D eigenvalue weighted by atomic mass is 9.80. The third kappa shape index (κ3) is 6.13. The number of piperidine rings is 1. The third-order valence-corrected chi connectivity index (χ3v) is 8.57. The van der Waals surface area contributed by atoms with Gasteiger partial charge in [-0.15, -0.1) is 5.10 Å². The van der Waals surface area contributed by atoms with Gasteiger partial charge in [-0.05, 0) is 74.2 Å². The largest absolute Gasteiger partial charge is 0.389 e. The number of fused-ring (bicyclic) bond motifs is 1. The molecule has 5 heterocycles. The molecule has 222 valence electrons. The van der Waals surface area contributed by atoms with Gasteiger partial charge in [0.05, 0.1) is 6.42 Å². The molecule has 3 aliphatic rings. The molecule has 3 aromatic rings. The van der Waals surface area contributed by atoms with E-state index < -0.39 is 24.9 Å². The van der Waals surface area contributed by atoms with Crippen LogP contribution in [0.3, 0.4) is 0 Å². The predicted molar refractivity (Wildman–Crippen MR) is 152 cm³/mol. The molecule has 2 aromatic heterocycles. The number of nitrogens with one attached hydrogen (secondary N) is 2. The van der Waals surface area contributed by atoms with Crippen LogP contribution in [0.2, 0.25) is 0 Å². The quantitative estimate of drug-likeness (QED) is 0.440. The number of pyridine rings is 1. The normalized spacial score (nSPS) is 21.2. The lowest BCUT2D eigenvalue weighted by Crippen LogP contribution is -2.42. The molecule has 1 spiro atoms. The van der Waals surface area contributed by atoms with Crippen molar-refractivity contribution in [1.29, 1.82) is 0 Å². The summed E-state index contributed by atoms with van der Waals surface area (Å²) in [5.74, 6) is -0.0394. The third-order valence-electron chi connectivity index (χ3n) is 8.57. The van der Waals surface area contributed by atoms with Crippen molar-refractivity contribution in [2.75, 3.05) is 44.6 Å². The van der Waals surface area contributed by atoms with Crippen LogP contribution < -0.4 is 10.6 Å². The van der Waals surface area contributed by atoms with E-state index in [1.165, 1.54) is 11.3 Å². The highest BCUT2D eigenvalue weighted by molar-refractivity contribution is 5.95. The Kier molecular flexibility index (Phi) is 7.65. The van der Waals surface area contributed by atoms with Gasteiger partial charge in [0.25, 0.3) is 5.91 Å². The zero-order chi connectivity index (χ0) is 29.3. The number of alkyl halides is 3. The van der Waals surface area contributed by atoms with Crippen LogP contribution >= 0.6 is 0 Å². The topological polar surface area (TPSA) is 94.9 Å². The number of halogens is 3. The second-order valence-corrected chi connectivity index (χ2v) is 11.5. The van der Waals surface area contributed by atoms with Crippen LogP contribution in [0, 0.1) is 5.41 Å². The van der Waals surface area contributed by atoms with Crippen molar-refractivity contribution in [3.8, 4) is 0 Å². The Bertz CT molecular complexity index is 1490. The second kappa shape index (κ2) is 11.4. The molecule has 42 heavy (non-hydrogen) atoms. The summed E-state index contributed by atoms with van der Waals surface area (Å²) in [7, 11) is 0. The maximum absolute atomic E-state index is 13.2. The van der Waals surface area contributed by atoms with E-state index in [0.717, 1.165) is 55.8 Å². The van der Waals surface area contributed by atoms with Gasteiger partial charge in [-0.1, -0.05) is 6.08 Å². The molecule has 1 atom stereocenters. The molecule has 0 aliphatic carbocycles. The summed E-state index contributed by atoms with van der Waals surface area (Å²) in [6.45, 7) is 4.23. The minimum atomic E-state index is -4.34. The average Bonchev–Trinajstić information content (AvgIpc) is 3.60. The summed E-state index contributed by atoms with van der Waals surface area (Å²) in [5.41, 5.74) is 4.08. The van der Waals surface area contributed by atoms with Crippen molar-refractivity contribution in [2.24, 2.45) is 5.41 Å². The van der Waals surface area contributed by atoms with E-state index in [9.17, 15) is 22.8 Å². The van der Waals surface area contributed by atoms with Crippen molar-refractivity contribution in [3.63, 3.8) is 0 Å². The molecule has 1 aromatic carbocycles. The Morgan fingerprint density at radius 1 is 1.07 bits per heavy atom. The summed E-state index contributed by atoms with van der Waals surface area (Å²) >= 11 is 0. The molecule has 2 N–H and O–H groups in total. The van der Waals surface area contributed by atoms with Crippen LogP contribution in [0.25, 0.3) is 11.2 Å². The van der Waals surface area contributed by atoms with E-state index >= 15 is 0 Å². The molecule has 6 rings (SSSR count). The zero-order valence-corrected chi connectivity index (χ0v) is 23.3. The monoisotopic (exact) mass is 581 g/mol. The second-order valence-electron chi connectivity index (χ2n) is 11.5. The van der Waals surface area contributed by atoms with Gasteiger partial charge in [0, 0.05) is 67.6 Å². The smallest absolute Gasteiger partial charge is 0.339 e. The highest BCUT2D eigenvalue weighted by atomic mass is 19.4. The Balaban J connectivity index is 1.10. The first-order chi connectivity index (χ1) is 20.2. The van der Waals surface area contributed by atoms with E-state index in [4.69, 9.17) is 0 Å². The molecule has 0 saturated carbocycles. The summed E-state index contributed by atoms with van der Waals surface area (Å²) in [5, 5.41) is 11.2. The van der Waals surface area contributed by atoms with Crippen molar-refractivity contribution in [2.45, 2.75) is 44.7 Å². The van der Waals surface area contributed by atoms with Crippen LogP contribution in [-0.4, -0.2) is 81.7 Å². The lowest BCUT2D eigenvalue weighted by Gasteiger charge is -2.33. The molecular formula is C30H34F3N7O2. The maximum Gasteiger partial charge on any atom is 0.389 e. The number of carbonyl (C=O) groups excluding carboxylic acids is 2. The number of benzene rings is 1. The van der Waals surface area contributed by atoms with Crippen LogP contribution in [0.4, 0.5) is 24.8 Å². The first-order valence-electron chi connectivity index (χ1n) is 14.4. The fraction of sp³-hybridized carbons (Fsp3) is 0.467. The minimum Gasteiger partial charge on any atom is -0.339 e. The van der Waals surface area contributed by atoms with E-state index in [0.29, 0.717) is 30.1 Å². The molecule has 0 bridgehead atoms. The molecule has 9 nitrogen and oxygen atoms in total. The van der Waals surface area contributed by atoms with Crippen LogP contribution in [0.1, 0.15) is 54.4 Å². The number of anilines is 2. The number of amides is 2. The molecule has 12 heteroatoms. The van der Waals surface area contributed by atoms with Gasteiger partial charge in [-0.3, -0.25) is 9.59 Å². The van der Waals surface area contributed by atoms with Crippen LogP contribution in [-0.2, 0) is 4.79 Å². The van der Waals surface area contributed by atoms with Gasteiger partial charge in [0.2, 0.25) is 11.9 Å². The van der Waals surface area contributed by atoms with E-state index in [1.807, 2.05) is 47.4 Å². The van der Waals surface area contributed by atoms with Gasteiger partial charge >= 0.3 is 6.18 Å². The highest BCUT2D eigenvalue weighted by Gasteiger charge is 2.40. The summed E-state index contributed by atoms with van der Waals surface area (Å²) in [6, 6.07) is 11.1. The first kappa shape index (κ1) is 28.2. The lowest BCUT2D eigenvalue weighted by molar-refractivity contribution is -0.148. The molecule has 2 fully saturated rings. The van der Waals surface area contributed by atoms with E-state index in [-0.39, 0.29) is 17.9 Å². The molecule has 0 radical (unpaired) electrons. The fourth-order valence-electron chi connectivity index (χ4n) is 6.25. The molecule has 1 unspecified atom stereocenters. The number of likely N-dealkylation sites (tertiary alicyclic amines) is 1. The van der Waals surface area contributed by atoms with Gasteiger partial charge in [-0.25, -0.2) is 4.52 Å². The molecule has 2 amide bonds. The van der Waals surface area contributed by atoms with Crippen molar-refractivity contribution in [1.82, 2.24) is 29.7 Å². The fourth-order valence-corrected chi connectivity index (χ4v) is 6.25. The molecule has 3 aliphatic heterocycles. The van der Waals surface area contributed by atoms with Gasteiger partial charge < -0.3 is 20.4 Å². The SMILES string of the molecule is O=C(CCC(F)(F)F)N1CC=C(c2cccn3nc(Nc4ccc(C(=O)N5CCC6(CCCNC6)C5)cc4)nc23)CC1. The predicted octanol–water partition coefficient (Wildman–Crippen LogP) is 4.65. The zero-order valence-electron chi connectivity index (χ0n) is 23.3. The summed E-state index contributed by atoms with van der Waals surface area (Å²) in [4.78, 5) is 33.5. The number of hydrogen-bond acceptors (Lipinski definition) is 6. The Hall–Kier alpha value is -3.93. The average molecular weight is 582 g/mol. The maximum atomic E-state index is 13.2. The molecular weight excluding hydrogens is 547 g/mol. The number of rotatable bonds is 6. The number of hydrogen-bond donors (Lipinski definition) is 2. The van der Waals surface area contributed by atoms with E-state index in [2.05, 4.69) is 20.7 Å². The van der Waals surface area contributed by atoms with E-state index in [1.54, 1.807) is 10.7 Å².